The standard InChI is InChI=1S/C30H23Br2N7O/c31-25-19-26(36-27(25)32)28(40)34-18-10-17-24-20-39(29(35-24)37-38-33)30(21-11-4-1-5-12-21,22-13-6-2-7-14-22)23-15-8-3-9-16-23/h1-17,19-20,36H,18H2,(H,34,40)/b17-10+. The zero-order chi connectivity index (χ0) is 28.0. The van der Waals surface area contributed by atoms with Gasteiger partial charge in [-0.3, -0.25) is 4.79 Å². The van der Waals surface area contributed by atoms with Crippen molar-refractivity contribution in [3.63, 3.8) is 0 Å². The lowest BCUT2D eigenvalue weighted by atomic mass is 9.76. The minimum Gasteiger partial charge on any atom is -0.347 e. The van der Waals surface area contributed by atoms with Crippen LogP contribution < -0.4 is 5.32 Å². The Balaban J connectivity index is 1.58. The molecule has 0 unspecified atom stereocenters. The number of rotatable bonds is 9. The van der Waals surface area contributed by atoms with Gasteiger partial charge in [0.25, 0.3) is 5.91 Å². The van der Waals surface area contributed by atoms with Crippen molar-refractivity contribution in [3.8, 4) is 0 Å². The first-order valence-electron chi connectivity index (χ1n) is 12.3. The quantitative estimate of drug-likeness (QED) is 0.0726. The summed E-state index contributed by atoms with van der Waals surface area (Å²) in [4.78, 5) is 23.2. The second-order valence-electron chi connectivity index (χ2n) is 8.79. The van der Waals surface area contributed by atoms with E-state index in [2.05, 4.69) is 93.6 Å². The molecule has 0 radical (unpaired) electrons. The molecule has 0 aliphatic rings. The predicted molar refractivity (Wildman–Crippen MR) is 163 cm³/mol. The molecule has 0 fully saturated rings. The van der Waals surface area contributed by atoms with Gasteiger partial charge in [0.1, 0.15) is 11.2 Å². The van der Waals surface area contributed by atoms with Gasteiger partial charge in [-0.25, -0.2) is 4.98 Å². The van der Waals surface area contributed by atoms with E-state index in [1.165, 1.54) is 0 Å². The summed E-state index contributed by atoms with van der Waals surface area (Å²) in [5.74, 6) is -0.0311. The van der Waals surface area contributed by atoms with Crippen LogP contribution in [0.4, 0.5) is 5.95 Å². The number of hydrogen-bond donors (Lipinski definition) is 2. The van der Waals surface area contributed by atoms with Gasteiger partial charge >= 0.3 is 0 Å². The molecule has 10 heteroatoms. The molecular weight excluding hydrogens is 634 g/mol. The summed E-state index contributed by atoms with van der Waals surface area (Å²) in [5.41, 5.74) is 12.5. The van der Waals surface area contributed by atoms with Crippen LogP contribution in [0.25, 0.3) is 16.5 Å². The number of aromatic nitrogens is 3. The van der Waals surface area contributed by atoms with Crippen LogP contribution in [0.3, 0.4) is 0 Å². The van der Waals surface area contributed by atoms with Crippen molar-refractivity contribution in [2.24, 2.45) is 5.11 Å². The topological polar surface area (TPSA) is 111 Å². The molecule has 2 heterocycles. The van der Waals surface area contributed by atoms with Crippen LogP contribution in [0.15, 0.2) is 124 Å². The average molecular weight is 657 g/mol. The van der Waals surface area contributed by atoms with Crippen LogP contribution in [0.5, 0.6) is 0 Å². The molecule has 5 aromatic rings. The van der Waals surface area contributed by atoms with Gasteiger partial charge < -0.3 is 14.9 Å². The number of nitrogens with one attached hydrogen (secondary N) is 2. The number of azide groups is 1. The highest BCUT2D eigenvalue weighted by Gasteiger charge is 2.39. The van der Waals surface area contributed by atoms with Crippen LogP contribution in [-0.4, -0.2) is 27.0 Å². The SMILES string of the molecule is [N-]=[N+]=Nc1nc(/C=C/CNC(=O)c2cc(Br)c(Br)[nH]2)cn1C(c1ccccc1)(c1ccccc1)c1ccccc1. The molecule has 0 aliphatic heterocycles. The highest BCUT2D eigenvalue weighted by atomic mass is 79.9. The Morgan fingerprint density at radius 3 is 2.00 bits per heavy atom. The van der Waals surface area contributed by atoms with Gasteiger partial charge in [-0.05, 0) is 71.3 Å². The molecule has 2 aromatic heterocycles. The van der Waals surface area contributed by atoms with E-state index in [4.69, 9.17) is 0 Å². The van der Waals surface area contributed by atoms with Gasteiger partial charge in [0.15, 0.2) is 5.95 Å². The minimum absolute atomic E-state index is 0.212. The summed E-state index contributed by atoms with van der Waals surface area (Å²) in [7, 11) is 0. The number of hydrogen-bond acceptors (Lipinski definition) is 3. The number of carbonyl (C=O) groups is 1. The Hall–Kier alpha value is -4.37. The summed E-state index contributed by atoms with van der Waals surface area (Å²) in [6.07, 6.45) is 5.46. The van der Waals surface area contributed by atoms with Crippen LogP contribution in [0, 0.1) is 0 Å². The van der Waals surface area contributed by atoms with Crippen molar-refractivity contribution in [3.05, 3.63) is 157 Å². The largest absolute Gasteiger partial charge is 0.347 e. The molecule has 0 aliphatic carbocycles. The number of carbonyl (C=O) groups excluding carboxylic acids is 1. The maximum Gasteiger partial charge on any atom is 0.268 e. The molecule has 8 nitrogen and oxygen atoms in total. The summed E-state index contributed by atoms with van der Waals surface area (Å²) < 4.78 is 3.38. The zero-order valence-electron chi connectivity index (χ0n) is 21.1. The number of imidazole rings is 1. The summed E-state index contributed by atoms with van der Waals surface area (Å²) in [5, 5.41) is 6.84. The third-order valence-electron chi connectivity index (χ3n) is 6.42. The van der Waals surface area contributed by atoms with Gasteiger partial charge in [0.2, 0.25) is 0 Å². The molecule has 1 amide bonds. The molecule has 0 saturated carbocycles. The first-order valence-corrected chi connectivity index (χ1v) is 13.9. The number of benzene rings is 3. The van der Waals surface area contributed by atoms with E-state index < -0.39 is 5.54 Å². The average Bonchev–Trinajstić information content (AvgIpc) is 3.55. The molecule has 0 bridgehead atoms. The number of aromatic amines is 1. The van der Waals surface area contributed by atoms with Crippen LogP contribution in [-0.2, 0) is 5.54 Å². The van der Waals surface area contributed by atoms with E-state index in [1.807, 2.05) is 65.4 Å². The lowest BCUT2D eigenvalue weighted by Gasteiger charge is -2.38. The number of nitrogens with zero attached hydrogens (tertiary/aromatic N) is 5. The van der Waals surface area contributed by atoms with Crippen molar-refractivity contribution in [1.29, 1.82) is 0 Å². The van der Waals surface area contributed by atoms with Gasteiger partial charge in [0.05, 0.1) is 14.8 Å². The number of amides is 1. The maximum absolute atomic E-state index is 12.5. The van der Waals surface area contributed by atoms with Crippen molar-refractivity contribution >= 4 is 49.8 Å². The summed E-state index contributed by atoms with van der Waals surface area (Å²) in [6, 6.07) is 31.9. The van der Waals surface area contributed by atoms with Crippen LogP contribution >= 0.6 is 31.9 Å². The molecule has 0 saturated heterocycles. The Bertz CT molecular complexity index is 1570. The highest BCUT2D eigenvalue weighted by molar-refractivity contribution is 9.13. The highest BCUT2D eigenvalue weighted by Crippen LogP contribution is 2.43. The third-order valence-corrected chi connectivity index (χ3v) is 8.20. The molecule has 3 aromatic carbocycles. The maximum atomic E-state index is 12.5. The second kappa shape index (κ2) is 12.2. The van der Waals surface area contributed by atoms with E-state index in [-0.39, 0.29) is 18.4 Å². The molecule has 5 rings (SSSR count). The van der Waals surface area contributed by atoms with Gasteiger partial charge in [0, 0.05) is 17.7 Å². The normalized spacial score (nSPS) is 11.3. The second-order valence-corrected chi connectivity index (χ2v) is 10.4. The Kier molecular flexibility index (Phi) is 8.31. The fraction of sp³-hybridized carbons (Fsp3) is 0.0667. The molecular formula is C30H23Br2N7O. The van der Waals surface area contributed by atoms with Gasteiger partial charge in [-0.1, -0.05) is 97.1 Å². The first-order chi connectivity index (χ1) is 19.5. The zero-order valence-corrected chi connectivity index (χ0v) is 24.2. The van der Waals surface area contributed by atoms with Crippen LogP contribution in [0.1, 0.15) is 32.9 Å². The minimum atomic E-state index is -0.880. The monoisotopic (exact) mass is 655 g/mol. The van der Waals surface area contributed by atoms with E-state index >= 15 is 0 Å². The Labute approximate surface area is 247 Å². The lowest BCUT2D eigenvalue weighted by Crippen LogP contribution is -2.37. The van der Waals surface area contributed by atoms with Crippen molar-refractivity contribution in [2.75, 3.05) is 6.54 Å². The predicted octanol–water partition coefficient (Wildman–Crippen LogP) is 7.96. The van der Waals surface area contributed by atoms with E-state index in [9.17, 15) is 10.3 Å². The molecule has 40 heavy (non-hydrogen) atoms. The molecule has 0 spiro atoms. The molecule has 2 N–H and O–H groups in total. The Morgan fingerprint density at radius 1 is 0.975 bits per heavy atom. The Morgan fingerprint density at radius 2 is 1.52 bits per heavy atom. The van der Waals surface area contributed by atoms with Crippen LogP contribution in [0.2, 0.25) is 0 Å². The molecule has 198 valence electrons. The number of H-pyrrole nitrogens is 1. The van der Waals surface area contributed by atoms with Crippen molar-refractivity contribution in [1.82, 2.24) is 19.9 Å². The smallest absolute Gasteiger partial charge is 0.268 e. The fourth-order valence-corrected chi connectivity index (χ4v) is 5.39. The third kappa shape index (κ3) is 5.37. The lowest BCUT2D eigenvalue weighted by molar-refractivity contribution is 0.0953. The van der Waals surface area contributed by atoms with Gasteiger partial charge in [-0.15, -0.1) is 0 Å². The van der Waals surface area contributed by atoms with Crippen molar-refractivity contribution in [2.45, 2.75) is 5.54 Å². The van der Waals surface area contributed by atoms with E-state index in [0.717, 1.165) is 21.2 Å². The van der Waals surface area contributed by atoms with Gasteiger partial charge in [-0.2, -0.15) is 0 Å². The fourth-order valence-electron chi connectivity index (χ4n) is 4.73. The first kappa shape index (κ1) is 27.2. The number of halogens is 2. The van der Waals surface area contributed by atoms with Crippen molar-refractivity contribution < 1.29 is 4.79 Å². The summed E-state index contributed by atoms with van der Waals surface area (Å²) >= 11 is 6.71. The molecule has 0 atom stereocenters. The summed E-state index contributed by atoms with van der Waals surface area (Å²) in [6.45, 7) is 0.276. The van der Waals surface area contributed by atoms with E-state index in [0.29, 0.717) is 16.0 Å². The van der Waals surface area contributed by atoms with E-state index in [1.54, 1.807) is 18.2 Å².